The number of benzene rings is 1. The molecule has 0 radical (unpaired) electrons. The number of carbonyl (C=O) groups excluding carboxylic acids is 1. The van der Waals surface area contributed by atoms with E-state index >= 15 is 0 Å². The van der Waals surface area contributed by atoms with Gasteiger partial charge in [-0.2, -0.15) is 5.10 Å². The number of amides is 1. The molecule has 0 aliphatic carbocycles. The first-order chi connectivity index (χ1) is 9.60. The number of hydrogen-bond donors (Lipinski definition) is 2. The number of aromatic nitrogens is 2. The summed E-state index contributed by atoms with van der Waals surface area (Å²) in [4.78, 5) is 12.0. The maximum atomic E-state index is 12.0. The Bertz CT molecular complexity index is 598. The third-order valence-corrected chi connectivity index (χ3v) is 2.97. The summed E-state index contributed by atoms with van der Waals surface area (Å²) < 4.78 is 4.97. The molecule has 1 aromatic carbocycles. The van der Waals surface area contributed by atoms with Gasteiger partial charge in [0.15, 0.2) is 0 Å². The van der Waals surface area contributed by atoms with Gasteiger partial charge >= 0.3 is 0 Å². The molecule has 5 nitrogen and oxygen atoms in total. The predicted molar refractivity (Wildman–Crippen MR) is 77.8 cm³/mol. The van der Waals surface area contributed by atoms with Crippen LogP contribution in [0.1, 0.15) is 17.4 Å². The minimum Gasteiger partial charge on any atom is -0.383 e. The number of nitrogens with one attached hydrogen (secondary N) is 2. The molecule has 0 aliphatic rings. The monoisotopic (exact) mass is 293 g/mol. The van der Waals surface area contributed by atoms with Crippen LogP contribution in [-0.4, -0.2) is 35.9 Å². The van der Waals surface area contributed by atoms with Crippen LogP contribution in [0.15, 0.2) is 30.3 Å². The Morgan fingerprint density at radius 3 is 3.00 bits per heavy atom. The van der Waals surface area contributed by atoms with Crippen LogP contribution in [0, 0.1) is 0 Å². The fraction of sp³-hybridized carbons (Fsp3) is 0.286. The maximum Gasteiger partial charge on any atom is 0.269 e. The second kappa shape index (κ2) is 6.54. The van der Waals surface area contributed by atoms with E-state index in [-0.39, 0.29) is 11.9 Å². The molecular weight excluding hydrogens is 278 g/mol. The van der Waals surface area contributed by atoms with Crippen molar-refractivity contribution in [2.75, 3.05) is 13.7 Å². The zero-order chi connectivity index (χ0) is 14.5. The van der Waals surface area contributed by atoms with Gasteiger partial charge in [-0.3, -0.25) is 9.89 Å². The molecule has 0 bridgehead atoms. The molecule has 20 heavy (non-hydrogen) atoms. The van der Waals surface area contributed by atoms with Crippen LogP contribution in [0.3, 0.4) is 0 Å². The maximum absolute atomic E-state index is 12.0. The number of hydrogen-bond acceptors (Lipinski definition) is 3. The number of nitrogens with zero attached hydrogens (tertiary/aromatic N) is 1. The molecule has 2 rings (SSSR count). The number of carbonyl (C=O) groups is 1. The average Bonchev–Trinajstić information content (AvgIpc) is 2.88. The van der Waals surface area contributed by atoms with Crippen molar-refractivity contribution in [3.63, 3.8) is 0 Å². The SMILES string of the molecule is COC[C@H](C)NC(=O)c1cc(-c2cccc(Cl)c2)n[nH]1. The molecule has 6 heteroatoms. The molecule has 1 amide bonds. The second-order valence-corrected chi connectivity index (χ2v) is 4.94. The van der Waals surface area contributed by atoms with E-state index in [2.05, 4.69) is 15.5 Å². The van der Waals surface area contributed by atoms with Crippen LogP contribution in [0.2, 0.25) is 5.02 Å². The summed E-state index contributed by atoms with van der Waals surface area (Å²) in [6, 6.07) is 8.94. The van der Waals surface area contributed by atoms with Crippen molar-refractivity contribution in [2.45, 2.75) is 13.0 Å². The third kappa shape index (κ3) is 3.59. The van der Waals surface area contributed by atoms with Gasteiger partial charge in [0.2, 0.25) is 0 Å². The molecule has 0 fully saturated rings. The van der Waals surface area contributed by atoms with E-state index in [0.717, 1.165) is 5.56 Å². The third-order valence-electron chi connectivity index (χ3n) is 2.74. The number of aromatic amines is 1. The van der Waals surface area contributed by atoms with Crippen LogP contribution in [0.5, 0.6) is 0 Å². The van der Waals surface area contributed by atoms with E-state index < -0.39 is 0 Å². The summed E-state index contributed by atoms with van der Waals surface area (Å²) in [6.45, 7) is 2.33. The van der Waals surface area contributed by atoms with Gasteiger partial charge in [-0.05, 0) is 25.1 Å². The average molecular weight is 294 g/mol. The van der Waals surface area contributed by atoms with Gasteiger partial charge < -0.3 is 10.1 Å². The summed E-state index contributed by atoms with van der Waals surface area (Å²) >= 11 is 5.94. The summed E-state index contributed by atoms with van der Waals surface area (Å²) in [6.07, 6.45) is 0. The first-order valence-electron chi connectivity index (χ1n) is 6.21. The largest absolute Gasteiger partial charge is 0.383 e. The van der Waals surface area contributed by atoms with E-state index in [4.69, 9.17) is 16.3 Å². The molecule has 106 valence electrons. The zero-order valence-corrected chi connectivity index (χ0v) is 12.1. The van der Waals surface area contributed by atoms with Crippen LogP contribution >= 0.6 is 11.6 Å². The number of ether oxygens (including phenoxy) is 1. The number of methoxy groups -OCH3 is 1. The molecule has 0 saturated heterocycles. The van der Waals surface area contributed by atoms with E-state index in [0.29, 0.717) is 23.0 Å². The van der Waals surface area contributed by atoms with Crippen LogP contribution < -0.4 is 5.32 Å². The minimum absolute atomic E-state index is 0.0644. The van der Waals surface area contributed by atoms with Crippen molar-refractivity contribution in [3.8, 4) is 11.3 Å². The molecule has 1 heterocycles. The minimum atomic E-state index is -0.213. The second-order valence-electron chi connectivity index (χ2n) is 4.51. The lowest BCUT2D eigenvalue weighted by atomic mass is 10.1. The molecule has 2 aromatic rings. The van der Waals surface area contributed by atoms with Gasteiger partial charge in [0.25, 0.3) is 5.91 Å². The Hall–Kier alpha value is -1.85. The fourth-order valence-electron chi connectivity index (χ4n) is 1.83. The first kappa shape index (κ1) is 14.6. The van der Waals surface area contributed by atoms with E-state index in [1.165, 1.54) is 0 Å². The van der Waals surface area contributed by atoms with Crippen molar-refractivity contribution < 1.29 is 9.53 Å². The van der Waals surface area contributed by atoms with E-state index in [1.54, 1.807) is 25.3 Å². The van der Waals surface area contributed by atoms with Crippen molar-refractivity contribution >= 4 is 17.5 Å². The van der Waals surface area contributed by atoms with E-state index in [1.807, 2.05) is 19.1 Å². The highest BCUT2D eigenvalue weighted by Gasteiger charge is 2.13. The molecule has 0 saturated carbocycles. The van der Waals surface area contributed by atoms with Crippen molar-refractivity contribution in [1.82, 2.24) is 15.5 Å². The van der Waals surface area contributed by atoms with Gasteiger partial charge in [-0.1, -0.05) is 23.7 Å². The number of rotatable bonds is 5. The van der Waals surface area contributed by atoms with Gasteiger partial charge in [0.05, 0.1) is 12.3 Å². The molecule has 0 spiro atoms. The Morgan fingerprint density at radius 1 is 1.50 bits per heavy atom. The van der Waals surface area contributed by atoms with Gasteiger partial charge in [-0.15, -0.1) is 0 Å². The highest BCUT2D eigenvalue weighted by molar-refractivity contribution is 6.30. The molecular formula is C14H16ClN3O2. The van der Waals surface area contributed by atoms with Crippen molar-refractivity contribution in [1.29, 1.82) is 0 Å². The smallest absolute Gasteiger partial charge is 0.269 e. The van der Waals surface area contributed by atoms with Gasteiger partial charge in [0, 0.05) is 23.7 Å². The Morgan fingerprint density at radius 2 is 2.30 bits per heavy atom. The Kier molecular flexibility index (Phi) is 4.76. The molecule has 2 N–H and O–H groups in total. The van der Waals surface area contributed by atoms with Crippen LogP contribution in [0.25, 0.3) is 11.3 Å². The lowest BCUT2D eigenvalue weighted by Crippen LogP contribution is -2.35. The highest BCUT2D eigenvalue weighted by atomic mass is 35.5. The number of H-pyrrole nitrogens is 1. The van der Waals surface area contributed by atoms with E-state index in [9.17, 15) is 4.79 Å². The van der Waals surface area contributed by atoms with Gasteiger partial charge in [-0.25, -0.2) is 0 Å². The first-order valence-corrected chi connectivity index (χ1v) is 6.59. The van der Waals surface area contributed by atoms with Crippen LogP contribution in [-0.2, 0) is 4.74 Å². The summed E-state index contributed by atoms with van der Waals surface area (Å²) in [5.41, 5.74) is 1.94. The highest BCUT2D eigenvalue weighted by Crippen LogP contribution is 2.21. The predicted octanol–water partition coefficient (Wildman–Crippen LogP) is 2.49. The normalized spacial score (nSPS) is 12.2. The Balaban J connectivity index is 2.11. The Labute approximate surface area is 122 Å². The molecule has 0 aliphatic heterocycles. The zero-order valence-electron chi connectivity index (χ0n) is 11.3. The lowest BCUT2D eigenvalue weighted by molar-refractivity contribution is 0.0900. The molecule has 0 unspecified atom stereocenters. The van der Waals surface area contributed by atoms with Crippen LogP contribution in [0.4, 0.5) is 0 Å². The quantitative estimate of drug-likeness (QED) is 0.890. The standard InChI is InChI=1S/C14H16ClN3O2/c1-9(8-20-2)16-14(19)13-7-12(17-18-13)10-4-3-5-11(15)6-10/h3-7,9H,8H2,1-2H3,(H,16,19)(H,17,18)/t9-/m0/s1. The summed E-state index contributed by atoms with van der Waals surface area (Å²) in [7, 11) is 1.59. The van der Waals surface area contributed by atoms with Crippen molar-refractivity contribution in [2.24, 2.45) is 0 Å². The topological polar surface area (TPSA) is 67.0 Å². The fourth-order valence-corrected chi connectivity index (χ4v) is 2.02. The summed E-state index contributed by atoms with van der Waals surface area (Å²) in [5, 5.41) is 10.3. The van der Waals surface area contributed by atoms with Crippen molar-refractivity contribution in [3.05, 3.63) is 41.0 Å². The number of halogens is 1. The van der Waals surface area contributed by atoms with Gasteiger partial charge in [0.1, 0.15) is 5.69 Å². The summed E-state index contributed by atoms with van der Waals surface area (Å²) in [5.74, 6) is -0.213. The molecule has 1 atom stereocenters. The lowest BCUT2D eigenvalue weighted by Gasteiger charge is -2.11. The molecule has 1 aromatic heterocycles.